The number of aliphatic hydroxyl groups is 1. The van der Waals surface area contributed by atoms with Gasteiger partial charge >= 0.3 is 0 Å². The van der Waals surface area contributed by atoms with Crippen molar-refractivity contribution >= 4 is 11.6 Å². The summed E-state index contributed by atoms with van der Waals surface area (Å²) in [5.41, 5.74) is 6.26. The van der Waals surface area contributed by atoms with E-state index in [0.717, 1.165) is 5.56 Å². The van der Waals surface area contributed by atoms with Crippen LogP contribution in [0.15, 0.2) is 18.2 Å². The van der Waals surface area contributed by atoms with Crippen LogP contribution in [0.25, 0.3) is 0 Å². The third-order valence-electron chi connectivity index (χ3n) is 1.96. The predicted molar refractivity (Wildman–Crippen MR) is 56.8 cm³/mol. The van der Waals surface area contributed by atoms with E-state index in [4.69, 9.17) is 22.1 Å². The second-order valence-electron chi connectivity index (χ2n) is 3.06. The lowest BCUT2D eigenvalue weighted by atomic mass is 10.1. The van der Waals surface area contributed by atoms with E-state index >= 15 is 0 Å². The Labute approximate surface area is 88.4 Å². The Bertz CT molecular complexity index is 304. The van der Waals surface area contributed by atoms with Crippen molar-refractivity contribution in [3.63, 3.8) is 0 Å². The number of halogens is 1. The molecule has 4 heteroatoms. The van der Waals surface area contributed by atoms with Gasteiger partial charge in [-0.15, -0.1) is 0 Å². The Morgan fingerprint density at radius 2 is 2.29 bits per heavy atom. The van der Waals surface area contributed by atoms with Crippen molar-refractivity contribution in [3.05, 3.63) is 28.8 Å². The molecule has 0 aliphatic carbocycles. The summed E-state index contributed by atoms with van der Waals surface area (Å²) in [6, 6.07) is 5.42. The van der Waals surface area contributed by atoms with E-state index < -0.39 is 6.10 Å². The maximum Gasteiger partial charge on any atom is 0.137 e. The Morgan fingerprint density at radius 3 is 2.79 bits per heavy atom. The van der Waals surface area contributed by atoms with Crippen molar-refractivity contribution < 1.29 is 9.84 Å². The van der Waals surface area contributed by atoms with Gasteiger partial charge in [-0.05, 0) is 24.1 Å². The van der Waals surface area contributed by atoms with Crippen molar-refractivity contribution in [2.75, 3.05) is 13.7 Å². The second kappa shape index (κ2) is 5.20. The minimum Gasteiger partial charge on any atom is -0.495 e. The van der Waals surface area contributed by atoms with Crippen molar-refractivity contribution in [2.45, 2.75) is 12.5 Å². The number of aliphatic hydroxyl groups excluding tert-OH is 1. The molecule has 1 atom stereocenters. The Balaban J connectivity index is 2.76. The largest absolute Gasteiger partial charge is 0.495 e. The highest BCUT2D eigenvalue weighted by atomic mass is 35.5. The molecule has 0 saturated carbocycles. The molecular formula is C10H14ClNO2. The van der Waals surface area contributed by atoms with E-state index in [2.05, 4.69) is 0 Å². The quantitative estimate of drug-likeness (QED) is 0.794. The molecule has 1 aromatic rings. The lowest BCUT2D eigenvalue weighted by Crippen LogP contribution is -2.21. The smallest absolute Gasteiger partial charge is 0.137 e. The van der Waals surface area contributed by atoms with Crippen LogP contribution in [0, 0.1) is 0 Å². The molecule has 3 N–H and O–H groups in total. The molecule has 78 valence electrons. The Hall–Kier alpha value is -0.770. The van der Waals surface area contributed by atoms with Crippen LogP contribution in [0.3, 0.4) is 0 Å². The van der Waals surface area contributed by atoms with E-state index in [1.807, 2.05) is 6.07 Å². The van der Waals surface area contributed by atoms with Gasteiger partial charge in [0.2, 0.25) is 0 Å². The molecule has 0 amide bonds. The van der Waals surface area contributed by atoms with Crippen LogP contribution in [-0.4, -0.2) is 24.9 Å². The number of hydrogen-bond acceptors (Lipinski definition) is 3. The normalized spacial score (nSPS) is 12.6. The number of hydrogen-bond donors (Lipinski definition) is 2. The first-order valence-electron chi connectivity index (χ1n) is 4.38. The third-order valence-corrected chi connectivity index (χ3v) is 2.25. The maximum absolute atomic E-state index is 9.33. The first kappa shape index (κ1) is 11.3. The number of ether oxygens (including phenoxy) is 1. The van der Waals surface area contributed by atoms with Gasteiger partial charge in [0, 0.05) is 6.54 Å². The summed E-state index contributed by atoms with van der Waals surface area (Å²) in [6.45, 7) is 0.254. The second-order valence-corrected chi connectivity index (χ2v) is 3.47. The van der Waals surface area contributed by atoms with Crippen molar-refractivity contribution in [2.24, 2.45) is 5.73 Å². The van der Waals surface area contributed by atoms with Crippen molar-refractivity contribution in [1.82, 2.24) is 0 Å². The molecule has 1 aromatic carbocycles. The van der Waals surface area contributed by atoms with Crippen LogP contribution in [0.5, 0.6) is 5.75 Å². The number of benzene rings is 1. The van der Waals surface area contributed by atoms with Gasteiger partial charge in [0.1, 0.15) is 5.75 Å². The fourth-order valence-corrected chi connectivity index (χ4v) is 1.47. The summed E-state index contributed by atoms with van der Waals surface area (Å²) >= 11 is 5.92. The molecular weight excluding hydrogens is 202 g/mol. The van der Waals surface area contributed by atoms with E-state index in [0.29, 0.717) is 17.2 Å². The molecule has 0 aliphatic rings. The van der Waals surface area contributed by atoms with Crippen LogP contribution >= 0.6 is 11.6 Å². The summed E-state index contributed by atoms with van der Waals surface area (Å²) in [7, 11) is 1.57. The molecule has 0 bridgehead atoms. The van der Waals surface area contributed by atoms with Crippen LogP contribution in [0.4, 0.5) is 0 Å². The fourth-order valence-electron chi connectivity index (χ4n) is 1.19. The molecule has 0 spiro atoms. The predicted octanol–water partition coefficient (Wildman–Crippen LogP) is 1.21. The maximum atomic E-state index is 9.33. The zero-order chi connectivity index (χ0) is 10.6. The van der Waals surface area contributed by atoms with E-state index in [9.17, 15) is 5.11 Å². The Morgan fingerprint density at radius 1 is 1.57 bits per heavy atom. The van der Waals surface area contributed by atoms with Gasteiger partial charge in [0.25, 0.3) is 0 Å². The van der Waals surface area contributed by atoms with Crippen molar-refractivity contribution in [3.8, 4) is 5.75 Å². The Kier molecular flexibility index (Phi) is 4.20. The first-order chi connectivity index (χ1) is 6.67. The monoisotopic (exact) mass is 215 g/mol. The molecule has 3 nitrogen and oxygen atoms in total. The first-order valence-corrected chi connectivity index (χ1v) is 4.75. The molecule has 14 heavy (non-hydrogen) atoms. The molecule has 0 aliphatic heterocycles. The third kappa shape index (κ3) is 2.87. The SMILES string of the molecule is COc1ccc(CC(O)CN)cc1Cl. The number of nitrogens with two attached hydrogens (primary N) is 1. The van der Waals surface area contributed by atoms with Gasteiger partial charge in [0.05, 0.1) is 18.2 Å². The van der Waals surface area contributed by atoms with Gasteiger partial charge in [0.15, 0.2) is 0 Å². The topological polar surface area (TPSA) is 55.5 Å². The summed E-state index contributed by atoms with van der Waals surface area (Å²) in [5, 5.41) is 9.88. The number of methoxy groups -OCH3 is 1. The van der Waals surface area contributed by atoms with Crippen molar-refractivity contribution in [1.29, 1.82) is 0 Å². The minimum atomic E-state index is -0.514. The summed E-state index contributed by atoms with van der Waals surface area (Å²) < 4.78 is 5.01. The zero-order valence-corrected chi connectivity index (χ0v) is 8.79. The highest BCUT2D eigenvalue weighted by Gasteiger charge is 2.06. The lowest BCUT2D eigenvalue weighted by Gasteiger charge is -2.09. The minimum absolute atomic E-state index is 0.254. The summed E-state index contributed by atoms with van der Waals surface area (Å²) in [6.07, 6.45) is -0.000286. The van der Waals surface area contributed by atoms with Gasteiger partial charge in [-0.3, -0.25) is 0 Å². The van der Waals surface area contributed by atoms with Gasteiger partial charge < -0.3 is 15.6 Å². The fraction of sp³-hybridized carbons (Fsp3) is 0.400. The summed E-state index contributed by atoms with van der Waals surface area (Å²) in [4.78, 5) is 0. The molecule has 0 fully saturated rings. The highest BCUT2D eigenvalue weighted by Crippen LogP contribution is 2.25. The highest BCUT2D eigenvalue weighted by molar-refractivity contribution is 6.32. The number of rotatable bonds is 4. The zero-order valence-electron chi connectivity index (χ0n) is 8.03. The average molecular weight is 216 g/mol. The van der Waals surface area contributed by atoms with E-state index in [1.165, 1.54) is 0 Å². The van der Waals surface area contributed by atoms with Crippen LogP contribution in [0.2, 0.25) is 5.02 Å². The lowest BCUT2D eigenvalue weighted by molar-refractivity contribution is 0.183. The van der Waals surface area contributed by atoms with Crippen LogP contribution in [-0.2, 0) is 6.42 Å². The summed E-state index contributed by atoms with van der Waals surface area (Å²) in [5.74, 6) is 0.637. The van der Waals surface area contributed by atoms with E-state index in [1.54, 1.807) is 19.2 Å². The standard InChI is InChI=1S/C10H14ClNO2/c1-14-10-3-2-7(5-9(10)11)4-8(13)6-12/h2-3,5,8,13H,4,6,12H2,1H3. The molecule has 0 radical (unpaired) electrons. The van der Waals surface area contributed by atoms with Gasteiger partial charge in [-0.2, -0.15) is 0 Å². The van der Waals surface area contributed by atoms with Crippen LogP contribution in [0.1, 0.15) is 5.56 Å². The molecule has 1 unspecified atom stereocenters. The molecule has 0 heterocycles. The van der Waals surface area contributed by atoms with Gasteiger partial charge in [-0.25, -0.2) is 0 Å². The molecule has 0 aromatic heterocycles. The van der Waals surface area contributed by atoms with Crippen LogP contribution < -0.4 is 10.5 Å². The average Bonchev–Trinajstić information content (AvgIpc) is 2.18. The molecule has 1 rings (SSSR count). The van der Waals surface area contributed by atoms with Gasteiger partial charge in [-0.1, -0.05) is 17.7 Å². The molecule has 0 saturated heterocycles. The van der Waals surface area contributed by atoms with E-state index in [-0.39, 0.29) is 6.54 Å².